The lowest BCUT2D eigenvalue weighted by molar-refractivity contribution is -0.144. The van der Waals surface area contributed by atoms with Gasteiger partial charge >= 0.3 is 0 Å². The Morgan fingerprint density at radius 1 is 1.25 bits per heavy atom. The molecule has 2 saturated heterocycles. The Morgan fingerprint density at radius 3 is 2.58 bits per heavy atom. The maximum Gasteiger partial charge on any atom is 0.245 e. The molecule has 0 radical (unpaired) electrons. The predicted molar refractivity (Wildman–Crippen MR) is 92.8 cm³/mol. The van der Waals surface area contributed by atoms with Crippen molar-refractivity contribution in [3.63, 3.8) is 0 Å². The van der Waals surface area contributed by atoms with Gasteiger partial charge in [-0.3, -0.25) is 9.59 Å². The summed E-state index contributed by atoms with van der Waals surface area (Å²) in [6.45, 7) is 2.87. The first-order valence-electron chi connectivity index (χ1n) is 8.85. The van der Waals surface area contributed by atoms with E-state index in [2.05, 4.69) is 10.1 Å². The smallest absolute Gasteiger partial charge is 0.245 e. The number of nitrogens with zero attached hydrogens (tertiary/aromatic N) is 4. The maximum atomic E-state index is 12.9. The van der Waals surface area contributed by atoms with Crippen molar-refractivity contribution in [1.29, 1.82) is 0 Å². The summed E-state index contributed by atoms with van der Waals surface area (Å²) in [6.07, 6.45) is 5.02. The molecule has 2 heterocycles. The van der Waals surface area contributed by atoms with Crippen LogP contribution in [-0.4, -0.2) is 85.7 Å². The average molecular weight is 338 g/mol. The molecule has 1 unspecified atom stereocenters. The summed E-state index contributed by atoms with van der Waals surface area (Å²) >= 11 is 0. The molecule has 0 saturated carbocycles. The lowest BCUT2D eigenvalue weighted by Gasteiger charge is -2.32. The highest BCUT2D eigenvalue weighted by atomic mass is 16.6. The second-order valence-corrected chi connectivity index (χ2v) is 6.87. The molecular formula is C17H30N4O3. The Morgan fingerprint density at radius 2 is 1.96 bits per heavy atom. The minimum absolute atomic E-state index is 0.0357. The third-order valence-corrected chi connectivity index (χ3v) is 4.65. The molecule has 0 aromatic heterocycles. The summed E-state index contributed by atoms with van der Waals surface area (Å²) in [6, 6.07) is -0.413. The first kappa shape index (κ1) is 18.7. The van der Waals surface area contributed by atoms with Gasteiger partial charge in [0, 0.05) is 25.9 Å². The molecule has 2 aliphatic rings. The van der Waals surface area contributed by atoms with Crippen molar-refractivity contribution in [2.45, 2.75) is 44.6 Å². The van der Waals surface area contributed by atoms with Crippen molar-refractivity contribution < 1.29 is 14.4 Å². The quantitative estimate of drug-likeness (QED) is 0.676. The lowest BCUT2D eigenvalue weighted by Crippen LogP contribution is -2.49. The zero-order valence-electron chi connectivity index (χ0n) is 15.2. The Bertz CT molecular complexity index is 472. The van der Waals surface area contributed by atoms with Crippen LogP contribution in [0.15, 0.2) is 5.16 Å². The van der Waals surface area contributed by atoms with Gasteiger partial charge in [-0.05, 0) is 46.3 Å². The molecule has 1 atom stereocenters. The van der Waals surface area contributed by atoms with Crippen molar-refractivity contribution >= 4 is 17.5 Å². The van der Waals surface area contributed by atoms with Gasteiger partial charge in [0.1, 0.15) is 13.2 Å². The summed E-state index contributed by atoms with van der Waals surface area (Å²) in [7, 11) is 5.48. The molecule has 136 valence electrons. The van der Waals surface area contributed by atoms with Gasteiger partial charge in [0.25, 0.3) is 0 Å². The molecule has 2 rings (SSSR count). The third-order valence-electron chi connectivity index (χ3n) is 4.65. The standard InChI is InChI=1S/C17H30N4O3/c1-19(2)9-7-8-16(22)21-13-14(18-24-3)12-15(21)17(23)20-10-5-4-6-11-20/h15H,4-13H2,1-3H3. The summed E-state index contributed by atoms with van der Waals surface area (Å²) in [4.78, 5) is 36.0. The van der Waals surface area contributed by atoms with Crippen LogP contribution in [0.1, 0.15) is 38.5 Å². The molecule has 0 aromatic carbocycles. The van der Waals surface area contributed by atoms with E-state index >= 15 is 0 Å². The highest BCUT2D eigenvalue weighted by Crippen LogP contribution is 2.22. The molecule has 0 aromatic rings. The second kappa shape index (κ2) is 9.01. The first-order valence-corrected chi connectivity index (χ1v) is 8.85. The van der Waals surface area contributed by atoms with Crippen LogP contribution in [0.4, 0.5) is 0 Å². The van der Waals surface area contributed by atoms with E-state index in [1.807, 2.05) is 19.0 Å². The van der Waals surface area contributed by atoms with Gasteiger partial charge < -0.3 is 19.5 Å². The molecule has 2 fully saturated rings. The van der Waals surface area contributed by atoms with E-state index in [9.17, 15) is 9.59 Å². The Kier molecular flexibility index (Phi) is 7.02. The van der Waals surface area contributed by atoms with E-state index in [0.717, 1.165) is 44.6 Å². The molecule has 2 amide bonds. The number of piperidine rings is 1. The lowest BCUT2D eigenvalue weighted by atomic mass is 10.1. The monoisotopic (exact) mass is 338 g/mol. The van der Waals surface area contributed by atoms with Gasteiger partial charge in [-0.25, -0.2) is 0 Å². The van der Waals surface area contributed by atoms with Crippen LogP contribution >= 0.6 is 0 Å². The van der Waals surface area contributed by atoms with E-state index < -0.39 is 6.04 Å². The van der Waals surface area contributed by atoms with Gasteiger partial charge in [-0.2, -0.15) is 0 Å². The van der Waals surface area contributed by atoms with Gasteiger partial charge in [-0.1, -0.05) is 5.16 Å². The molecule has 24 heavy (non-hydrogen) atoms. The molecule has 7 heteroatoms. The Hall–Kier alpha value is -1.63. The SMILES string of the molecule is CON=C1CC(C(=O)N2CCCCC2)N(C(=O)CCCN(C)C)C1. The van der Waals surface area contributed by atoms with Gasteiger partial charge in [0.05, 0.1) is 12.3 Å². The molecule has 0 N–H and O–H groups in total. The summed E-state index contributed by atoms with van der Waals surface area (Å²) in [5.74, 6) is 0.102. The first-order chi connectivity index (χ1) is 11.5. The largest absolute Gasteiger partial charge is 0.399 e. The van der Waals surface area contributed by atoms with Crippen LogP contribution in [0.3, 0.4) is 0 Å². The number of likely N-dealkylation sites (tertiary alicyclic amines) is 2. The normalized spacial score (nSPS) is 23.2. The Labute approximate surface area is 144 Å². The van der Waals surface area contributed by atoms with E-state index in [1.54, 1.807) is 4.90 Å². The summed E-state index contributed by atoms with van der Waals surface area (Å²) in [5, 5.41) is 3.99. The van der Waals surface area contributed by atoms with E-state index in [-0.39, 0.29) is 11.8 Å². The van der Waals surface area contributed by atoms with Gasteiger partial charge in [-0.15, -0.1) is 0 Å². The van der Waals surface area contributed by atoms with Crippen molar-refractivity contribution in [3.8, 4) is 0 Å². The molecular weight excluding hydrogens is 308 g/mol. The number of hydrogen-bond donors (Lipinski definition) is 0. The number of oxime groups is 1. The van der Waals surface area contributed by atoms with Crippen LogP contribution in [0.2, 0.25) is 0 Å². The number of carbonyl (C=O) groups is 2. The molecule has 0 aliphatic carbocycles. The fourth-order valence-electron chi connectivity index (χ4n) is 3.40. The molecule has 0 bridgehead atoms. The topological polar surface area (TPSA) is 65.5 Å². The molecule has 2 aliphatic heterocycles. The van der Waals surface area contributed by atoms with E-state index in [1.165, 1.54) is 13.5 Å². The summed E-state index contributed by atoms with van der Waals surface area (Å²) in [5.41, 5.74) is 0.772. The van der Waals surface area contributed by atoms with Crippen molar-refractivity contribution in [2.24, 2.45) is 5.16 Å². The van der Waals surface area contributed by atoms with E-state index in [4.69, 9.17) is 4.84 Å². The van der Waals surface area contributed by atoms with Crippen molar-refractivity contribution in [2.75, 3.05) is 47.4 Å². The number of rotatable bonds is 6. The third kappa shape index (κ3) is 4.93. The molecule has 7 nitrogen and oxygen atoms in total. The zero-order valence-corrected chi connectivity index (χ0v) is 15.2. The van der Waals surface area contributed by atoms with Crippen molar-refractivity contribution in [1.82, 2.24) is 14.7 Å². The van der Waals surface area contributed by atoms with Crippen LogP contribution in [0.5, 0.6) is 0 Å². The second-order valence-electron chi connectivity index (χ2n) is 6.87. The van der Waals surface area contributed by atoms with Crippen LogP contribution < -0.4 is 0 Å². The number of carbonyl (C=O) groups excluding carboxylic acids is 2. The van der Waals surface area contributed by atoms with Crippen LogP contribution in [0.25, 0.3) is 0 Å². The minimum Gasteiger partial charge on any atom is -0.399 e. The fourth-order valence-corrected chi connectivity index (χ4v) is 3.40. The summed E-state index contributed by atoms with van der Waals surface area (Å²) < 4.78 is 0. The van der Waals surface area contributed by atoms with Gasteiger partial charge in [0.2, 0.25) is 11.8 Å². The number of amides is 2. The Balaban J connectivity index is 2.02. The highest BCUT2D eigenvalue weighted by Gasteiger charge is 2.39. The number of hydrogen-bond acceptors (Lipinski definition) is 5. The highest BCUT2D eigenvalue weighted by molar-refractivity contribution is 6.00. The van der Waals surface area contributed by atoms with Crippen LogP contribution in [-0.2, 0) is 14.4 Å². The van der Waals surface area contributed by atoms with E-state index in [0.29, 0.717) is 19.4 Å². The molecule has 0 spiro atoms. The zero-order chi connectivity index (χ0) is 17.5. The maximum absolute atomic E-state index is 12.9. The predicted octanol–water partition coefficient (Wildman–Crippen LogP) is 0.944. The fraction of sp³-hybridized carbons (Fsp3) is 0.824. The average Bonchev–Trinajstić information content (AvgIpc) is 2.99. The van der Waals surface area contributed by atoms with Crippen molar-refractivity contribution in [3.05, 3.63) is 0 Å². The van der Waals surface area contributed by atoms with Crippen LogP contribution in [0, 0.1) is 0 Å². The van der Waals surface area contributed by atoms with Gasteiger partial charge in [0.15, 0.2) is 0 Å². The minimum atomic E-state index is -0.413.